The fraction of sp³-hybridized carbons (Fsp3) is 0.300. The van der Waals surface area contributed by atoms with Crippen LogP contribution in [-0.2, 0) is 4.79 Å². The zero-order valence-electron chi connectivity index (χ0n) is 9.33. The lowest BCUT2D eigenvalue weighted by Crippen LogP contribution is -2.36. The molecule has 0 bridgehead atoms. The van der Waals surface area contributed by atoms with Crippen molar-refractivity contribution in [2.24, 2.45) is 0 Å². The number of hydrogen-bond acceptors (Lipinski definition) is 3. The van der Waals surface area contributed by atoms with Crippen molar-refractivity contribution in [3.8, 4) is 0 Å². The molecule has 1 aromatic heterocycles. The summed E-state index contributed by atoms with van der Waals surface area (Å²) in [7, 11) is 3.21. The monoisotopic (exact) mass is 275 g/mol. The number of likely N-dealkylation sites (N-methyl/N-ethyl adjacent to an activating group) is 1. The van der Waals surface area contributed by atoms with Gasteiger partial charge < -0.3 is 10.2 Å². The number of carbonyl (C=O) groups is 2. The maximum atomic E-state index is 11.6. The first-order valence-corrected chi connectivity index (χ1v) is 5.47. The molecule has 0 saturated heterocycles. The van der Waals surface area contributed by atoms with E-state index in [0.29, 0.717) is 0 Å². The molecule has 0 atom stereocenters. The van der Waals surface area contributed by atoms with E-state index in [2.05, 4.69) is 10.3 Å². The van der Waals surface area contributed by atoms with Gasteiger partial charge in [-0.05, 0) is 6.07 Å². The quantitative estimate of drug-likeness (QED) is 0.844. The molecule has 1 N–H and O–H groups in total. The van der Waals surface area contributed by atoms with Crippen molar-refractivity contribution in [1.82, 2.24) is 15.2 Å². The second-order valence-corrected chi connectivity index (χ2v) is 4.23. The molecule has 0 radical (unpaired) electrons. The van der Waals surface area contributed by atoms with Crippen molar-refractivity contribution >= 4 is 35.0 Å². The van der Waals surface area contributed by atoms with Gasteiger partial charge in [0.15, 0.2) is 0 Å². The molecule has 0 saturated carbocycles. The smallest absolute Gasteiger partial charge is 0.253 e. The van der Waals surface area contributed by atoms with Gasteiger partial charge in [0.25, 0.3) is 5.91 Å². The first-order valence-electron chi connectivity index (χ1n) is 4.71. The third-order valence-electron chi connectivity index (χ3n) is 1.96. The van der Waals surface area contributed by atoms with Crippen LogP contribution in [0, 0.1) is 0 Å². The molecule has 0 unspecified atom stereocenters. The van der Waals surface area contributed by atoms with E-state index in [-0.39, 0.29) is 28.2 Å². The Morgan fingerprint density at radius 3 is 2.59 bits per heavy atom. The summed E-state index contributed by atoms with van der Waals surface area (Å²) in [6, 6.07) is 1.40. The van der Waals surface area contributed by atoms with Gasteiger partial charge in [-0.25, -0.2) is 4.98 Å². The maximum absolute atomic E-state index is 11.6. The van der Waals surface area contributed by atoms with Crippen molar-refractivity contribution in [3.63, 3.8) is 0 Å². The van der Waals surface area contributed by atoms with E-state index in [1.54, 1.807) is 14.1 Å². The number of pyridine rings is 1. The minimum absolute atomic E-state index is 0.0773. The van der Waals surface area contributed by atoms with Crippen molar-refractivity contribution in [2.75, 3.05) is 20.6 Å². The Hall–Kier alpha value is -1.33. The first kappa shape index (κ1) is 13.7. The predicted molar refractivity (Wildman–Crippen MR) is 65.3 cm³/mol. The highest BCUT2D eigenvalue weighted by Crippen LogP contribution is 2.19. The second kappa shape index (κ2) is 5.84. The Bertz CT molecular complexity index is 449. The lowest BCUT2D eigenvalue weighted by Gasteiger charge is -2.10. The number of hydrogen-bond donors (Lipinski definition) is 1. The van der Waals surface area contributed by atoms with Gasteiger partial charge in [-0.15, -0.1) is 0 Å². The molecule has 7 heteroatoms. The van der Waals surface area contributed by atoms with Crippen molar-refractivity contribution in [1.29, 1.82) is 0 Å². The Morgan fingerprint density at radius 2 is 2.06 bits per heavy atom. The first-order chi connectivity index (χ1) is 7.91. The van der Waals surface area contributed by atoms with E-state index in [1.165, 1.54) is 17.2 Å². The van der Waals surface area contributed by atoms with Crippen LogP contribution in [0.3, 0.4) is 0 Å². The third-order valence-corrected chi connectivity index (χ3v) is 2.64. The van der Waals surface area contributed by atoms with Crippen LogP contribution >= 0.6 is 23.2 Å². The van der Waals surface area contributed by atoms with Gasteiger partial charge in [0.1, 0.15) is 5.15 Å². The molecule has 5 nitrogen and oxygen atoms in total. The van der Waals surface area contributed by atoms with Crippen LogP contribution in [-0.4, -0.2) is 42.3 Å². The van der Waals surface area contributed by atoms with Crippen molar-refractivity contribution in [2.45, 2.75) is 0 Å². The van der Waals surface area contributed by atoms with Crippen LogP contribution in [0.15, 0.2) is 12.3 Å². The van der Waals surface area contributed by atoms with Gasteiger partial charge in [-0.3, -0.25) is 9.59 Å². The number of halogens is 2. The molecule has 1 rings (SSSR count). The highest BCUT2D eigenvalue weighted by molar-refractivity contribution is 6.41. The Labute approximate surface area is 109 Å². The number of aromatic nitrogens is 1. The number of amides is 2. The summed E-state index contributed by atoms with van der Waals surface area (Å²) in [5.41, 5.74) is 0.256. The fourth-order valence-electron chi connectivity index (χ4n) is 0.961. The average Bonchev–Trinajstić information content (AvgIpc) is 2.28. The molecule has 92 valence electrons. The molecule has 17 heavy (non-hydrogen) atoms. The lowest BCUT2D eigenvalue weighted by molar-refractivity contribution is -0.127. The van der Waals surface area contributed by atoms with E-state index < -0.39 is 5.91 Å². The number of nitrogens with zero attached hydrogens (tertiary/aromatic N) is 2. The summed E-state index contributed by atoms with van der Waals surface area (Å²) in [4.78, 5) is 28.0. The average molecular weight is 276 g/mol. The zero-order valence-corrected chi connectivity index (χ0v) is 10.8. The van der Waals surface area contributed by atoms with E-state index in [0.717, 1.165) is 0 Å². The van der Waals surface area contributed by atoms with Crippen LogP contribution in [0.5, 0.6) is 0 Å². The minimum Gasteiger partial charge on any atom is -0.347 e. The van der Waals surface area contributed by atoms with Gasteiger partial charge in [-0.2, -0.15) is 0 Å². The van der Waals surface area contributed by atoms with Crippen LogP contribution in [0.25, 0.3) is 0 Å². The summed E-state index contributed by atoms with van der Waals surface area (Å²) in [6.45, 7) is -0.0773. The van der Waals surface area contributed by atoms with Crippen LogP contribution in [0.1, 0.15) is 10.4 Å². The summed E-state index contributed by atoms with van der Waals surface area (Å²) in [6.07, 6.45) is 1.30. The largest absolute Gasteiger partial charge is 0.347 e. The molecule has 0 aliphatic heterocycles. The number of rotatable bonds is 3. The van der Waals surface area contributed by atoms with Crippen LogP contribution in [0.2, 0.25) is 10.2 Å². The van der Waals surface area contributed by atoms with E-state index in [4.69, 9.17) is 23.2 Å². The lowest BCUT2D eigenvalue weighted by atomic mass is 10.2. The van der Waals surface area contributed by atoms with E-state index >= 15 is 0 Å². The molecule has 0 aliphatic rings. The van der Waals surface area contributed by atoms with Crippen molar-refractivity contribution < 1.29 is 9.59 Å². The number of nitrogens with one attached hydrogen (secondary N) is 1. The normalized spacial score (nSPS) is 9.88. The van der Waals surface area contributed by atoms with Crippen LogP contribution < -0.4 is 5.32 Å². The molecule has 0 spiro atoms. The summed E-state index contributed by atoms with van der Waals surface area (Å²) >= 11 is 11.3. The van der Waals surface area contributed by atoms with Gasteiger partial charge in [0.05, 0.1) is 17.1 Å². The number of carbonyl (C=O) groups excluding carboxylic acids is 2. The van der Waals surface area contributed by atoms with E-state index in [1.807, 2.05) is 0 Å². The van der Waals surface area contributed by atoms with Gasteiger partial charge in [0, 0.05) is 20.3 Å². The van der Waals surface area contributed by atoms with Gasteiger partial charge >= 0.3 is 0 Å². The molecular formula is C10H11Cl2N3O2. The van der Waals surface area contributed by atoms with Gasteiger partial charge in [0.2, 0.25) is 5.91 Å². The predicted octanol–water partition coefficient (Wildman–Crippen LogP) is 1.21. The fourth-order valence-corrected chi connectivity index (χ4v) is 1.23. The van der Waals surface area contributed by atoms with Crippen molar-refractivity contribution in [3.05, 3.63) is 28.0 Å². The van der Waals surface area contributed by atoms with Gasteiger partial charge in [-0.1, -0.05) is 23.2 Å². The highest BCUT2D eigenvalue weighted by atomic mass is 35.5. The topological polar surface area (TPSA) is 62.3 Å². The second-order valence-electron chi connectivity index (χ2n) is 3.47. The summed E-state index contributed by atoms with van der Waals surface area (Å²) in [5, 5.41) is 2.78. The molecule has 0 aliphatic carbocycles. The summed E-state index contributed by atoms with van der Waals surface area (Å²) in [5.74, 6) is -0.627. The molecule has 1 heterocycles. The highest BCUT2D eigenvalue weighted by Gasteiger charge is 2.11. The minimum atomic E-state index is -0.425. The third kappa shape index (κ3) is 3.87. The molecular weight excluding hydrogens is 265 g/mol. The summed E-state index contributed by atoms with van der Waals surface area (Å²) < 4.78 is 0. The Kier molecular flexibility index (Phi) is 4.72. The molecule has 2 amide bonds. The molecule has 0 fully saturated rings. The van der Waals surface area contributed by atoms with E-state index in [9.17, 15) is 9.59 Å². The standard InChI is InChI=1S/C10H11Cl2N3O2/c1-15(2)8(16)5-14-10(17)6-3-7(11)9(12)13-4-6/h3-4H,5H2,1-2H3,(H,14,17). The maximum Gasteiger partial charge on any atom is 0.253 e. The molecule has 0 aromatic carbocycles. The Morgan fingerprint density at radius 1 is 1.41 bits per heavy atom. The molecule has 1 aromatic rings. The zero-order chi connectivity index (χ0) is 13.0. The Balaban J connectivity index is 2.64. The SMILES string of the molecule is CN(C)C(=O)CNC(=O)c1cnc(Cl)c(Cl)c1. The van der Waals surface area contributed by atoms with Crippen LogP contribution in [0.4, 0.5) is 0 Å².